The Morgan fingerprint density at radius 3 is 2.37 bits per heavy atom. The number of nitrogens with one attached hydrogen (secondary N) is 1. The van der Waals surface area contributed by atoms with Crippen molar-refractivity contribution in [1.29, 1.82) is 0 Å². The number of para-hydroxylation sites is 1. The van der Waals surface area contributed by atoms with Gasteiger partial charge in [0, 0.05) is 43.6 Å². The first-order chi connectivity index (χ1) is 12.9. The van der Waals surface area contributed by atoms with Crippen LogP contribution in [0.3, 0.4) is 0 Å². The highest BCUT2D eigenvalue weighted by molar-refractivity contribution is 5.90. The predicted octanol–water partition coefficient (Wildman–Crippen LogP) is 4.35. The number of rotatable bonds is 3. The van der Waals surface area contributed by atoms with Crippen LogP contribution in [0.2, 0.25) is 0 Å². The van der Waals surface area contributed by atoms with Crippen LogP contribution in [-0.2, 0) is 5.41 Å². The minimum absolute atomic E-state index is 0.0189. The summed E-state index contributed by atoms with van der Waals surface area (Å²) < 4.78 is 5.31. The molecule has 2 aromatic rings. The number of hydrogen-bond acceptors (Lipinski definition) is 3. The SMILES string of the molecule is COc1cccc(N2CCN(C(=O)Nc3ccccc3C(C)(C)C)CC2)c1. The van der Waals surface area contributed by atoms with E-state index in [1.165, 1.54) is 0 Å². The van der Waals surface area contributed by atoms with Crippen LogP contribution < -0.4 is 15.0 Å². The fraction of sp³-hybridized carbons (Fsp3) is 0.409. The number of benzene rings is 2. The van der Waals surface area contributed by atoms with Gasteiger partial charge in [0.25, 0.3) is 0 Å². The number of methoxy groups -OCH3 is 1. The quantitative estimate of drug-likeness (QED) is 0.877. The summed E-state index contributed by atoms with van der Waals surface area (Å²) in [4.78, 5) is 16.9. The van der Waals surface area contributed by atoms with Gasteiger partial charge in [0.15, 0.2) is 0 Å². The molecular weight excluding hydrogens is 338 g/mol. The second-order valence-electron chi connectivity index (χ2n) is 7.90. The van der Waals surface area contributed by atoms with Crippen molar-refractivity contribution in [2.45, 2.75) is 26.2 Å². The highest BCUT2D eigenvalue weighted by Crippen LogP contribution is 2.29. The Labute approximate surface area is 161 Å². The van der Waals surface area contributed by atoms with E-state index >= 15 is 0 Å². The van der Waals surface area contributed by atoms with Crippen molar-refractivity contribution in [1.82, 2.24) is 4.90 Å². The molecular formula is C22H29N3O2. The second-order valence-corrected chi connectivity index (χ2v) is 7.90. The summed E-state index contributed by atoms with van der Waals surface area (Å²) in [5, 5.41) is 3.11. The largest absolute Gasteiger partial charge is 0.497 e. The molecule has 0 aromatic heterocycles. The van der Waals surface area contributed by atoms with Crippen molar-refractivity contribution in [2.75, 3.05) is 43.5 Å². The van der Waals surface area contributed by atoms with Crippen LogP contribution >= 0.6 is 0 Å². The molecule has 1 aliphatic heterocycles. The Balaban J connectivity index is 1.62. The first-order valence-corrected chi connectivity index (χ1v) is 9.43. The fourth-order valence-electron chi connectivity index (χ4n) is 3.42. The summed E-state index contributed by atoms with van der Waals surface area (Å²) in [7, 11) is 1.68. The number of hydrogen-bond donors (Lipinski definition) is 1. The molecule has 0 spiro atoms. The number of piperazine rings is 1. The minimum Gasteiger partial charge on any atom is -0.497 e. The average Bonchev–Trinajstić information content (AvgIpc) is 2.67. The van der Waals surface area contributed by atoms with Crippen molar-refractivity contribution >= 4 is 17.4 Å². The Morgan fingerprint density at radius 1 is 1.00 bits per heavy atom. The number of amides is 2. The molecule has 1 N–H and O–H groups in total. The summed E-state index contributed by atoms with van der Waals surface area (Å²) in [6.07, 6.45) is 0. The van der Waals surface area contributed by atoms with Gasteiger partial charge in [-0.15, -0.1) is 0 Å². The molecule has 0 aliphatic carbocycles. The summed E-state index contributed by atoms with van der Waals surface area (Å²) in [5.74, 6) is 0.853. The Kier molecular flexibility index (Phi) is 5.59. The Bertz CT molecular complexity index is 790. The second kappa shape index (κ2) is 7.91. The molecule has 0 unspecified atom stereocenters. The summed E-state index contributed by atoms with van der Waals surface area (Å²) in [5.41, 5.74) is 3.15. The maximum atomic E-state index is 12.8. The fourth-order valence-corrected chi connectivity index (χ4v) is 3.42. The number of nitrogens with zero attached hydrogens (tertiary/aromatic N) is 2. The first kappa shape index (κ1) is 19.1. The van der Waals surface area contributed by atoms with Crippen LogP contribution in [0.5, 0.6) is 5.75 Å². The van der Waals surface area contributed by atoms with Gasteiger partial charge in [0.2, 0.25) is 0 Å². The number of carbonyl (C=O) groups is 1. The highest BCUT2D eigenvalue weighted by Gasteiger charge is 2.24. The van der Waals surface area contributed by atoms with Crippen LogP contribution in [0.25, 0.3) is 0 Å². The maximum Gasteiger partial charge on any atom is 0.321 e. The van der Waals surface area contributed by atoms with Crippen molar-refractivity contribution in [3.63, 3.8) is 0 Å². The van der Waals surface area contributed by atoms with E-state index in [0.29, 0.717) is 13.1 Å². The lowest BCUT2D eigenvalue weighted by atomic mass is 9.86. The molecule has 1 aliphatic rings. The molecule has 2 aromatic carbocycles. The maximum absolute atomic E-state index is 12.8. The Hall–Kier alpha value is -2.69. The summed E-state index contributed by atoms with van der Waals surface area (Å²) in [6.45, 7) is 9.48. The standard InChI is InChI=1S/C22H29N3O2/c1-22(2,3)19-10-5-6-11-20(19)23-21(26)25-14-12-24(13-15-25)17-8-7-9-18(16-17)27-4/h5-11,16H,12-15H2,1-4H3,(H,23,26). The van der Waals surface area contributed by atoms with Gasteiger partial charge in [-0.25, -0.2) is 4.79 Å². The topological polar surface area (TPSA) is 44.8 Å². The molecule has 5 nitrogen and oxygen atoms in total. The monoisotopic (exact) mass is 367 g/mol. The third-order valence-electron chi connectivity index (χ3n) is 4.96. The van der Waals surface area contributed by atoms with Crippen LogP contribution in [0.15, 0.2) is 48.5 Å². The number of ether oxygens (including phenoxy) is 1. The van der Waals surface area contributed by atoms with Gasteiger partial charge in [-0.1, -0.05) is 45.0 Å². The smallest absolute Gasteiger partial charge is 0.321 e. The zero-order valence-electron chi connectivity index (χ0n) is 16.7. The highest BCUT2D eigenvalue weighted by atomic mass is 16.5. The molecule has 0 atom stereocenters. The first-order valence-electron chi connectivity index (χ1n) is 9.43. The van der Waals surface area contributed by atoms with Crippen LogP contribution in [0, 0.1) is 0 Å². The molecule has 5 heteroatoms. The Morgan fingerprint density at radius 2 is 1.70 bits per heavy atom. The van der Waals surface area contributed by atoms with Crippen LogP contribution in [0.4, 0.5) is 16.2 Å². The van der Waals surface area contributed by atoms with Crippen LogP contribution in [-0.4, -0.2) is 44.2 Å². The predicted molar refractivity (Wildman–Crippen MR) is 111 cm³/mol. The van der Waals surface area contributed by atoms with Crippen LogP contribution in [0.1, 0.15) is 26.3 Å². The molecule has 0 saturated carbocycles. The van der Waals surface area contributed by atoms with E-state index in [2.05, 4.69) is 43.1 Å². The summed E-state index contributed by atoms with van der Waals surface area (Å²) in [6, 6.07) is 16.1. The third-order valence-corrected chi connectivity index (χ3v) is 4.96. The van der Waals surface area contributed by atoms with E-state index in [1.807, 2.05) is 41.3 Å². The normalized spacial score (nSPS) is 14.8. The van der Waals surface area contributed by atoms with Gasteiger partial charge in [-0.05, 0) is 29.2 Å². The molecule has 0 radical (unpaired) electrons. The van der Waals surface area contributed by atoms with Gasteiger partial charge < -0.3 is 19.9 Å². The molecule has 144 valence electrons. The molecule has 2 amide bonds. The minimum atomic E-state index is -0.0306. The average molecular weight is 367 g/mol. The van der Waals surface area contributed by atoms with Gasteiger partial charge in [0.05, 0.1) is 7.11 Å². The van der Waals surface area contributed by atoms with Gasteiger partial charge >= 0.3 is 6.03 Å². The van der Waals surface area contributed by atoms with Crippen molar-refractivity contribution in [3.05, 3.63) is 54.1 Å². The van der Waals surface area contributed by atoms with Gasteiger partial charge in [-0.2, -0.15) is 0 Å². The van der Waals surface area contributed by atoms with E-state index in [-0.39, 0.29) is 11.4 Å². The number of urea groups is 1. The van der Waals surface area contributed by atoms with E-state index in [4.69, 9.17) is 4.74 Å². The molecule has 0 bridgehead atoms. The molecule has 1 saturated heterocycles. The third kappa shape index (κ3) is 4.54. The van der Waals surface area contributed by atoms with Gasteiger partial charge in [0.1, 0.15) is 5.75 Å². The van der Waals surface area contributed by atoms with Gasteiger partial charge in [-0.3, -0.25) is 0 Å². The van der Waals surface area contributed by atoms with E-state index < -0.39 is 0 Å². The molecule has 1 heterocycles. The van der Waals surface area contributed by atoms with E-state index in [9.17, 15) is 4.79 Å². The number of carbonyl (C=O) groups excluding carboxylic acids is 1. The lowest BCUT2D eigenvalue weighted by molar-refractivity contribution is 0.208. The molecule has 27 heavy (non-hydrogen) atoms. The lowest BCUT2D eigenvalue weighted by Crippen LogP contribution is -2.50. The van der Waals surface area contributed by atoms with Crippen molar-refractivity contribution < 1.29 is 9.53 Å². The summed E-state index contributed by atoms with van der Waals surface area (Å²) >= 11 is 0. The van der Waals surface area contributed by atoms with E-state index in [0.717, 1.165) is 35.8 Å². The van der Waals surface area contributed by atoms with Crippen molar-refractivity contribution in [2.24, 2.45) is 0 Å². The lowest BCUT2D eigenvalue weighted by Gasteiger charge is -2.36. The number of anilines is 2. The van der Waals surface area contributed by atoms with E-state index in [1.54, 1.807) is 7.11 Å². The molecule has 3 rings (SSSR count). The van der Waals surface area contributed by atoms with Crippen molar-refractivity contribution in [3.8, 4) is 5.75 Å². The molecule has 1 fully saturated rings. The zero-order chi connectivity index (χ0) is 19.4. The zero-order valence-corrected chi connectivity index (χ0v) is 16.7.